The normalized spacial score (nSPS) is 27.5. The second-order valence-electron chi connectivity index (χ2n) is 5.33. The predicted octanol–water partition coefficient (Wildman–Crippen LogP) is 3.91. The summed E-state index contributed by atoms with van der Waals surface area (Å²) in [7, 11) is 0. The Morgan fingerprint density at radius 1 is 0.882 bits per heavy atom. The lowest BCUT2D eigenvalue weighted by atomic mass is 9.91. The molecule has 0 amide bonds. The minimum atomic E-state index is 0.250. The van der Waals surface area contributed by atoms with Crippen LogP contribution in [-0.2, 0) is 4.74 Å². The average molecular weight is 242 g/mol. The summed E-state index contributed by atoms with van der Waals surface area (Å²) in [6, 6.07) is 0. The monoisotopic (exact) mass is 242 g/mol. The van der Waals surface area contributed by atoms with E-state index in [1.807, 2.05) is 0 Å². The van der Waals surface area contributed by atoms with E-state index in [4.69, 9.17) is 9.84 Å². The van der Waals surface area contributed by atoms with Gasteiger partial charge in [-0.1, -0.05) is 38.5 Å². The lowest BCUT2D eigenvalue weighted by Gasteiger charge is -2.24. The largest absolute Gasteiger partial charge is 0.397 e. The van der Waals surface area contributed by atoms with Gasteiger partial charge in [-0.15, -0.1) is 0 Å². The molecule has 0 bridgehead atoms. The highest BCUT2D eigenvalue weighted by molar-refractivity contribution is 4.75. The summed E-state index contributed by atoms with van der Waals surface area (Å²) in [5, 5.41) is 7.57. The highest BCUT2D eigenvalue weighted by atomic mass is 16.5. The first-order chi connectivity index (χ1) is 8.38. The van der Waals surface area contributed by atoms with Gasteiger partial charge >= 0.3 is 0 Å². The van der Waals surface area contributed by atoms with Crippen LogP contribution in [0.25, 0.3) is 0 Å². The molecule has 2 rings (SSSR count). The number of hydrogen-bond donors (Lipinski definition) is 1. The van der Waals surface area contributed by atoms with Crippen molar-refractivity contribution in [3.63, 3.8) is 0 Å². The van der Waals surface area contributed by atoms with Crippen LogP contribution >= 0.6 is 0 Å². The van der Waals surface area contributed by atoms with Crippen LogP contribution in [0.2, 0.25) is 0 Å². The zero-order chi connectivity index (χ0) is 12.3. The van der Waals surface area contributed by atoms with E-state index in [2.05, 4.69) is 0 Å². The van der Waals surface area contributed by atoms with E-state index in [1.165, 1.54) is 64.2 Å². The Morgan fingerprint density at radius 2 is 1.41 bits per heavy atom. The van der Waals surface area contributed by atoms with Gasteiger partial charge in [-0.3, -0.25) is 0 Å². The van der Waals surface area contributed by atoms with E-state index in [-0.39, 0.29) is 6.61 Å². The summed E-state index contributed by atoms with van der Waals surface area (Å²) < 4.78 is 6.00. The van der Waals surface area contributed by atoms with E-state index in [0.717, 1.165) is 12.5 Å². The Kier molecular flexibility index (Phi) is 8.72. The predicted molar refractivity (Wildman–Crippen MR) is 72.2 cm³/mol. The number of aliphatic hydroxyl groups is 1. The average Bonchev–Trinajstić information content (AvgIpc) is 2.74. The van der Waals surface area contributed by atoms with Crippen LogP contribution in [0.5, 0.6) is 0 Å². The first kappa shape index (κ1) is 15.0. The second kappa shape index (κ2) is 9.90. The molecule has 0 aromatic carbocycles. The molecular weight excluding hydrogens is 212 g/mol. The van der Waals surface area contributed by atoms with Gasteiger partial charge in [0.1, 0.15) is 0 Å². The number of rotatable bonds is 1. The lowest BCUT2D eigenvalue weighted by molar-refractivity contribution is 0.0116. The number of hydrogen-bond acceptors (Lipinski definition) is 2. The molecule has 0 radical (unpaired) electrons. The van der Waals surface area contributed by atoms with Crippen LogP contribution in [0.3, 0.4) is 0 Å². The maximum Gasteiger partial charge on any atom is 0.0603 e. The first-order valence-electron chi connectivity index (χ1n) is 7.61. The number of ether oxygens (including phenoxy) is 1. The lowest BCUT2D eigenvalue weighted by Crippen LogP contribution is -2.23. The van der Waals surface area contributed by atoms with Gasteiger partial charge in [0.25, 0.3) is 0 Å². The molecule has 0 aromatic rings. The third kappa shape index (κ3) is 6.42. The molecule has 2 aliphatic rings. The standard InChI is InChI=1S/C13H24O.C2H6O/c1-2-5-9-12(8-4-1)13-10-6-3-7-11-14-13;1-2-3/h12-13H,1-11H2;3H,2H2,1H3. The summed E-state index contributed by atoms with van der Waals surface area (Å²) in [4.78, 5) is 0. The van der Waals surface area contributed by atoms with Crippen LogP contribution in [-0.4, -0.2) is 24.4 Å². The maximum atomic E-state index is 7.57. The molecule has 2 nitrogen and oxygen atoms in total. The van der Waals surface area contributed by atoms with E-state index >= 15 is 0 Å². The molecule has 1 aliphatic carbocycles. The van der Waals surface area contributed by atoms with Crippen molar-refractivity contribution in [2.75, 3.05) is 13.2 Å². The minimum Gasteiger partial charge on any atom is -0.397 e. The van der Waals surface area contributed by atoms with Crippen LogP contribution in [0.1, 0.15) is 71.1 Å². The fraction of sp³-hybridized carbons (Fsp3) is 1.00. The van der Waals surface area contributed by atoms with Crippen LogP contribution < -0.4 is 0 Å². The van der Waals surface area contributed by atoms with Crippen LogP contribution in [0.4, 0.5) is 0 Å². The Bertz CT molecular complexity index is 136. The van der Waals surface area contributed by atoms with Gasteiger partial charge in [-0.25, -0.2) is 0 Å². The van der Waals surface area contributed by atoms with Crippen molar-refractivity contribution in [2.24, 2.45) is 5.92 Å². The topological polar surface area (TPSA) is 29.5 Å². The fourth-order valence-electron chi connectivity index (χ4n) is 3.00. The number of aliphatic hydroxyl groups excluding tert-OH is 1. The van der Waals surface area contributed by atoms with Gasteiger partial charge in [0.05, 0.1) is 6.10 Å². The summed E-state index contributed by atoms with van der Waals surface area (Å²) in [5.74, 6) is 0.899. The Hall–Kier alpha value is -0.0800. The Morgan fingerprint density at radius 3 is 2.06 bits per heavy atom. The summed E-state index contributed by atoms with van der Waals surface area (Å²) >= 11 is 0. The van der Waals surface area contributed by atoms with Crippen molar-refractivity contribution in [1.82, 2.24) is 0 Å². The molecule has 1 atom stereocenters. The molecule has 0 spiro atoms. The SMILES string of the molecule is C1CCCC(C2CCCCCO2)CC1.CCO. The minimum absolute atomic E-state index is 0.250. The zero-order valence-corrected chi connectivity index (χ0v) is 11.5. The molecule has 1 saturated carbocycles. The fourth-order valence-corrected chi connectivity index (χ4v) is 3.00. The molecule has 1 saturated heterocycles. The van der Waals surface area contributed by atoms with Crippen molar-refractivity contribution in [3.05, 3.63) is 0 Å². The molecule has 17 heavy (non-hydrogen) atoms. The van der Waals surface area contributed by atoms with E-state index in [0.29, 0.717) is 6.10 Å². The summed E-state index contributed by atoms with van der Waals surface area (Å²) in [6.07, 6.45) is 14.7. The van der Waals surface area contributed by atoms with Crippen molar-refractivity contribution in [2.45, 2.75) is 77.2 Å². The molecule has 1 N–H and O–H groups in total. The van der Waals surface area contributed by atoms with Gasteiger partial charge in [0.2, 0.25) is 0 Å². The van der Waals surface area contributed by atoms with Gasteiger partial charge in [-0.2, -0.15) is 0 Å². The van der Waals surface area contributed by atoms with Crippen molar-refractivity contribution in [3.8, 4) is 0 Å². The molecule has 2 heteroatoms. The smallest absolute Gasteiger partial charge is 0.0603 e. The molecule has 2 fully saturated rings. The molecule has 0 aromatic heterocycles. The molecular formula is C15H30O2. The van der Waals surface area contributed by atoms with Gasteiger partial charge < -0.3 is 9.84 Å². The van der Waals surface area contributed by atoms with Gasteiger partial charge in [0.15, 0.2) is 0 Å². The third-order valence-electron chi connectivity index (χ3n) is 3.89. The maximum absolute atomic E-state index is 7.57. The molecule has 1 aliphatic heterocycles. The summed E-state index contributed by atoms with van der Waals surface area (Å²) in [5.41, 5.74) is 0. The highest BCUT2D eigenvalue weighted by Gasteiger charge is 2.24. The van der Waals surface area contributed by atoms with Gasteiger partial charge in [0, 0.05) is 13.2 Å². The van der Waals surface area contributed by atoms with Gasteiger partial charge in [-0.05, 0) is 38.5 Å². The highest BCUT2D eigenvalue weighted by Crippen LogP contribution is 2.30. The van der Waals surface area contributed by atoms with Crippen molar-refractivity contribution >= 4 is 0 Å². The molecule has 1 heterocycles. The second-order valence-corrected chi connectivity index (χ2v) is 5.33. The van der Waals surface area contributed by atoms with E-state index < -0.39 is 0 Å². The van der Waals surface area contributed by atoms with E-state index in [1.54, 1.807) is 6.92 Å². The summed E-state index contributed by atoms with van der Waals surface area (Å²) in [6.45, 7) is 2.96. The third-order valence-corrected chi connectivity index (χ3v) is 3.89. The van der Waals surface area contributed by atoms with Crippen LogP contribution in [0.15, 0.2) is 0 Å². The zero-order valence-electron chi connectivity index (χ0n) is 11.5. The van der Waals surface area contributed by atoms with E-state index in [9.17, 15) is 0 Å². The molecule has 1 unspecified atom stereocenters. The molecule has 102 valence electrons. The quantitative estimate of drug-likeness (QED) is 0.706. The first-order valence-corrected chi connectivity index (χ1v) is 7.61. The van der Waals surface area contributed by atoms with Crippen molar-refractivity contribution < 1.29 is 9.84 Å². The Balaban J connectivity index is 0.000000437. The Labute approximate surface area is 107 Å². The van der Waals surface area contributed by atoms with Crippen LogP contribution in [0, 0.1) is 5.92 Å². The van der Waals surface area contributed by atoms with Crippen molar-refractivity contribution in [1.29, 1.82) is 0 Å².